The van der Waals surface area contributed by atoms with Crippen molar-refractivity contribution < 1.29 is 24.2 Å². The number of ether oxygens (including phenoxy) is 2. The fourth-order valence-electron chi connectivity index (χ4n) is 5.85. The van der Waals surface area contributed by atoms with Crippen LogP contribution >= 0.6 is 0 Å². The van der Waals surface area contributed by atoms with E-state index in [1.807, 2.05) is 37.2 Å². The molecule has 208 valence electrons. The van der Waals surface area contributed by atoms with Gasteiger partial charge in [-0.2, -0.15) is 0 Å². The summed E-state index contributed by atoms with van der Waals surface area (Å²) in [7, 11) is 4.10. The van der Waals surface area contributed by atoms with Crippen LogP contribution in [0.25, 0.3) is 0 Å². The van der Waals surface area contributed by atoms with E-state index in [-0.39, 0.29) is 31.2 Å². The Morgan fingerprint density at radius 3 is 2.49 bits per heavy atom. The van der Waals surface area contributed by atoms with Crippen LogP contribution in [0.3, 0.4) is 0 Å². The zero-order valence-electron chi connectivity index (χ0n) is 23.4. The minimum absolute atomic E-state index is 0.107. The van der Waals surface area contributed by atoms with Gasteiger partial charge >= 0.3 is 5.97 Å². The molecule has 1 aromatic rings. The number of benzene rings is 1. The molecule has 0 aliphatic carbocycles. The average Bonchev–Trinajstić information content (AvgIpc) is 3.45. The van der Waals surface area contributed by atoms with E-state index in [1.54, 1.807) is 0 Å². The summed E-state index contributed by atoms with van der Waals surface area (Å²) in [6, 6.07) is 5.57. The lowest BCUT2D eigenvalue weighted by Crippen LogP contribution is -2.45. The highest BCUT2D eigenvalue weighted by Crippen LogP contribution is 2.43. The first-order valence-corrected chi connectivity index (χ1v) is 14.0. The number of carbonyl (C=O) groups excluding carboxylic acids is 1. The lowest BCUT2D eigenvalue weighted by atomic mass is 9.81. The maximum atomic E-state index is 13.6. The lowest BCUT2D eigenvalue weighted by Gasteiger charge is -2.31. The number of carbonyl (C=O) groups is 2. The smallest absolute Gasteiger partial charge is 0.308 e. The predicted octanol–water partition coefficient (Wildman–Crippen LogP) is 4.29. The fourth-order valence-corrected chi connectivity index (χ4v) is 5.85. The summed E-state index contributed by atoms with van der Waals surface area (Å²) in [5.74, 6) is 0.274. The molecule has 0 bridgehead atoms. The van der Waals surface area contributed by atoms with Gasteiger partial charge in [0, 0.05) is 31.6 Å². The second-order valence-electron chi connectivity index (χ2n) is 11.1. The van der Waals surface area contributed by atoms with Gasteiger partial charge in [0.25, 0.3) is 0 Å². The Balaban J connectivity index is 1.84. The molecule has 2 aliphatic heterocycles. The van der Waals surface area contributed by atoms with Crippen molar-refractivity contribution in [3.63, 3.8) is 0 Å². The van der Waals surface area contributed by atoms with E-state index in [0.29, 0.717) is 24.0 Å². The standard InChI is InChI=1S/C29H47N3O5/c1-6-8-14-31(15-9-13-30(4)5)27(33)19-32-18-23(22-11-12-25-26(17-22)37-20-36-25)28(29(34)35)24(32)16-21(3)10-7-2/h11-12,17,21,23-24,28H,6-10,13-16,18-20H2,1-5H3,(H,34,35)/t21?,23-,24+,28?/m1/s1. The highest BCUT2D eigenvalue weighted by molar-refractivity contribution is 5.79. The minimum atomic E-state index is -0.792. The number of nitrogens with zero attached hydrogens (tertiary/aromatic N) is 3. The van der Waals surface area contributed by atoms with Gasteiger partial charge in [0.1, 0.15) is 0 Å². The van der Waals surface area contributed by atoms with Crippen molar-refractivity contribution in [2.75, 3.05) is 53.6 Å². The summed E-state index contributed by atoms with van der Waals surface area (Å²) in [6.45, 7) is 9.92. The summed E-state index contributed by atoms with van der Waals surface area (Å²) < 4.78 is 11.1. The number of fused-ring (bicyclic) bond motifs is 1. The highest BCUT2D eigenvalue weighted by Gasteiger charge is 2.47. The largest absolute Gasteiger partial charge is 0.481 e. The molecular formula is C29H47N3O5. The molecule has 4 atom stereocenters. The molecule has 2 aliphatic rings. The first kappa shape index (κ1) is 29.2. The Labute approximate surface area is 222 Å². The van der Waals surface area contributed by atoms with Gasteiger partial charge in [-0.1, -0.05) is 46.1 Å². The molecule has 2 heterocycles. The zero-order valence-corrected chi connectivity index (χ0v) is 23.4. The van der Waals surface area contributed by atoms with Gasteiger partial charge < -0.3 is 24.4 Å². The first-order valence-electron chi connectivity index (χ1n) is 14.0. The van der Waals surface area contributed by atoms with Crippen molar-refractivity contribution in [1.82, 2.24) is 14.7 Å². The number of rotatable bonds is 15. The van der Waals surface area contributed by atoms with Gasteiger partial charge in [0.05, 0.1) is 12.5 Å². The molecule has 0 radical (unpaired) electrons. The molecule has 37 heavy (non-hydrogen) atoms. The van der Waals surface area contributed by atoms with Crippen molar-refractivity contribution in [1.29, 1.82) is 0 Å². The molecule has 3 rings (SSSR count). The average molecular weight is 518 g/mol. The maximum absolute atomic E-state index is 13.6. The van der Waals surface area contributed by atoms with Crippen LogP contribution < -0.4 is 9.47 Å². The van der Waals surface area contributed by atoms with Gasteiger partial charge in [-0.15, -0.1) is 0 Å². The minimum Gasteiger partial charge on any atom is -0.481 e. The maximum Gasteiger partial charge on any atom is 0.308 e. The molecule has 0 aromatic heterocycles. The molecular weight excluding hydrogens is 470 g/mol. The van der Waals surface area contributed by atoms with Crippen molar-refractivity contribution in [2.45, 2.75) is 71.3 Å². The summed E-state index contributed by atoms with van der Waals surface area (Å²) in [5.41, 5.74) is 0.938. The molecule has 1 amide bonds. The first-order chi connectivity index (χ1) is 17.7. The molecule has 1 aromatic carbocycles. The third kappa shape index (κ3) is 7.84. The third-order valence-corrected chi connectivity index (χ3v) is 7.79. The molecule has 1 N–H and O–H groups in total. The van der Waals surface area contributed by atoms with Crippen molar-refractivity contribution in [3.05, 3.63) is 23.8 Å². The Hall–Kier alpha value is -2.32. The summed E-state index contributed by atoms with van der Waals surface area (Å²) in [6.07, 6.45) is 5.82. The SMILES string of the molecule is CCCCN(CCCN(C)C)C(=O)CN1C[C@H](c2ccc3c(c2)OCO3)C(C(=O)O)[C@@H]1CC(C)CCC. The number of carboxylic acids is 1. The topological polar surface area (TPSA) is 82.5 Å². The van der Waals surface area contributed by atoms with Crippen LogP contribution in [0.1, 0.15) is 70.8 Å². The summed E-state index contributed by atoms with van der Waals surface area (Å²) in [5, 5.41) is 10.4. The van der Waals surface area contributed by atoms with Gasteiger partial charge in [0.2, 0.25) is 12.7 Å². The summed E-state index contributed by atoms with van der Waals surface area (Å²) >= 11 is 0. The van der Waals surface area contributed by atoms with Crippen LogP contribution in [0.2, 0.25) is 0 Å². The van der Waals surface area contributed by atoms with Gasteiger partial charge in [-0.05, 0) is 63.5 Å². The monoisotopic (exact) mass is 517 g/mol. The van der Waals surface area contributed by atoms with Crippen LogP contribution in [-0.2, 0) is 9.59 Å². The number of aliphatic carboxylic acids is 1. The van der Waals surface area contributed by atoms with Gasteiger partial charge in [-0.25, -0.2) is 0 Å². The normalized spacial score (nSPS) is 21.9. The van der Waals surface area contributed by atoms with Crippen molar-refractivity contribution in [2.24, 2.45) is 11.8 Å². The van der Waals surface area contributed by atoms with Crippen LogP contribution in [0, 0.1) is 11.8 Å². The van der Waals surface area contributed by atoms with Crippen LogP contribution in [0.5, 0.6) is 11.5 Å². The molecule has 1 fully saturated rings. The van der Waals surface area contributed by atoms with Crippen molar-refractivity contribution >= 4 is 11.9 Å². The zero-order chi connectivity index (χ0) is 26.9. The third-order valence-electron chi connectivity index (χ3n) is 7.79. The Morgan fingerprint density at radius 2 is 1.81 bits per heavy atom. The number of unbranched alkanes of at least 4 members (excludes halogenated alkanes) is 1. The molecule has 2 unspecified atom stereocenters. The predicted molar refractivity (Wildman–Crippen MR) is 145 cm³/mol. The number of likely N-dealkylation sites (tertiary alicyclic amines) is 1. The quantitative estimate of drug-likeness (QED) is 0.372. The number of hydrogen-bond donors (Lipinski definition) is 1. The molecule has 1 saturated heterocycles. The molecule has 8 heteroatoms. The highest BCUT2D eigenvalue weighted by atomic mass is 16.7. The van der Waals surface area contributed by atoms with E-state index in [2.05, 4.69) is 30.6 Å². The van der Waals surface area contributed by atoms with E-state index in [1.165, 1.54) is 0 Å². The van der Waals surface area contributed by atoms with E-state index in [9.17, 15) is 14.7 Å². The van der Waals surface area contributed by atoms with E-state index < -0.39 is 11.9 Å². The number of hydrogen-bond acceptors (Lipinski definition) is 6. The van der Waals surface area contributed by atoms with Crippen LogP contribution in [0.15, 0.2) is 18.2 Å². The Kier molecular flexibility index (Phi) is 11.1. The second-order valence-corrected chi connectivity index (χ2v) is 11.1. The second kappa shape index (κ2) is 14.0. The number of amides is 1. The van der Waals surface area contributed by atoms with E-state index in [0.717, 1.165) is 63.7 Å². The Morgan fingerprint density at radius 1 is 1.08 bits per heavy atom. The van der Waals surface area contributed by atoms with Crippen molar-refractivity contribution in [3.8, 4) is 11.5 Å². The lowest BCUT2D eigenvalue weighted by molar-refractivity contribution is -0.144. The molecule has 0 spiro atoms. The molecule has 0 saturated carbocycles. The van der Waals surface area contributed by atoms with E-state index in [4.69, 9.17) is 9.47 Å². The molecule has 8 nitrogen and oxygen atoms in total. The van der Waals surface area contributed by atoms with Crippen LogP contribution in [0.4, 0.5) is 0 Å². The fraction of sp³-hybridized carbons (Fsp3) is 0.724. The Bertz CT molecular complexity index is 892. The number of carboxylic acid groups (broad SMARTS) is 1. The van der Waals surface area contributed by atoms with Gasteiger partial charge in [-0.3, -0.25) is 14.5 Å². The van der Waals surface area contributed by atoms with Crippen LogP contribution in [-0.4, -0.2) is 91.3 Å². The summed E-state index contributed by atoms with van der Waals surface area (Å²) in [4.78, 5) is 32.6. The van der Waals surface area contributed by atoms with Gasteiger partial charge in [0.15, 0.2) is 11.5 Å². The van der Waals surface area contributed by atoms with E-state index >= 15 is 0 Å².